The van der Waals surface area contributed by atoms with Crippen LogP contribution < -0.4 is 10.6 Å². The molecular formula is C12H19ClN2OS. The van der Waals surface area contributed by atoms with Gasteiger partial charge < -0.3 is 10.6 Å². The normalized spacial score (nSPS) is 19.5. The molecule has 96 valence electrons. The number of aryl methyl sites for hydroxylation is 1. The zero-order valence-corrected chi connectivity index (χ0v) is 11.6. The molecule has 3 nitrogen and oxygen atoms in total. The van der Waals surface area contributed by atoms with Gasteiger partial charge in [0, 0.05) is 11.4 Å². The van der Waals surface area contributed by atoms with Crippen molar-refractivity contribution in [1.29, 1.82) is 0 Å². The minimum atomic E-state index is 0. The first-order valence-electron chi connectivity index (χ1n) is 5.79. The second kappa shape index (κ2) is 6.99. The van der Waals surface area contributed by atoms with Crippen molar-refractivity contribution in [1.82, 2.24) is 10.6 Å². The summed E-state index contributed by atoms with van der Waals surface area (Å²) in [6, 6.07) is 2.09. The van der Waals surface area contributed by atoms with E-state index in [1.165, 1.54) is 10.4 Å². The van der Waals surface area contributed by atoms with E-state index in [1.807, 2.05) is 0 Å². The molecule has 5 heteroatoms. The van der Waals surface area contributed by atoms with E-state index in [2.05, 4.69) is 29.0 Å². The topological polar surface area (TPSA) is 41.1 Å². The van der Waals surface area contributed by atoms with E-state index < -0.39 is 0 Å². The van der Waals surface area contributed by atoms with E-state index in [9.17, 15) is 4.79 Å². The van der Waals surface area contributed by atoms with Gasteiger partial charge >= 0.3 is 0 Å². The highest BCUT2D eigenvalue weighted by molar-refractivity contribution is 7.10. The van der Waals surface area contributed by atoms with Crippen molar-refractivity contribution in [3.05, 3.63) is 21.9 Å². The molecule has 1 fully saturated rings. The lowest BCUT2D eigenvalue weighted by Gasteiger charge is -2.21. The van der Waals surface area contributed by atoms with Crippen LogP contribution in [0, 0.1) is 12.8 Å². The lowest BCUT2D eigenvalue weighted by molar-refractivity contribution is -0.125. The molecule has 1 aromatic rings. The van der Waals surface area contributed by atoms with Crippen LogP contribution in [0.25, 0.3) is 0 Å². The third-order valence-electron chi connectivity index (χ3n) is 3.06. The molecule has 2 N–H and O–H groups in total. The maximum Gasteiger partial charge on any atom is 0.224 e. The number of carbonyl (C=O) groups is 1. The zero-order chi connectivity index (χ0) is 11.4. The molecule has 2 rings (SSSR count). The summed E-state index contributed by atoms with van der Waals surface area (Å²) in [6.45, 7) is 4.64. The molecule has 1 unspecified atom stereocenters. The smallest absolute Gasteiger partial charge is 0.224 e. The summed E-state index contributed by atoms with van der Waals surface area (Å²) in [5, 5.41) is 8.36. The van der Waals surface area contributed by atoms with Crippen LogP contribution in [0.4, 0.5) is 0 Å². The minimum absolute atomic E-state index is 0. The molecule has 1 saturated heterocycles. The van der Waals surface area contributed by atoms with Gasteiger partial charge in [-0.3, -0.25) is 4.79 Å². The highest BCUT2D eigenvalue weighted by Gasteiger charge is 2.20. The van der Waals surface area contributed by atoms with E-state index in [0.29, 0.717) is 6.54 Å². The van der Waals surface area contributed by atoms with Gasteiger partial charge in [0.1, 0.15) is 0 Å². The summed E-state index contributed by atoms with van der Waals surface area (Å²) < 4.78 is 0. The number of hydrogen-bond donors (Lipinski definition) is 2. The summed E-state index contributed by atoms with van der Waals surface area (Å²) in [7, 11) is 0. The first kappa shape index (κ1) is 14.5. The van der Waals surface area contributed by atoms with E-state index in [1.54, 1.807) is 11.3 Å². The van der Waals surface area contributed by atoms with Crippen molar-refractivity contribution >= 4 is 29.7 Å². The van der Waals surface area contributed by atoms with Crippen LogP contribution in [0.3, 0.4) is 0 Å². The van der Waals surface area contributed by atoms with Gasteiger partial charge in [-0.25, -0.2) is 0 Å². The quantitative estimate of drug-likeness (QED) is 0.886. The predicted molar refractivity (Wildman–Crippen MR) is 73.7 cm³/mol. The fourth-order valence-electron chi connectivity index (χ4n) is 1.97. The van der Waals surface area contributed by atoms with Crippen molar-refractivity contribution in [2.45, 2.75) is 26.3 Å². The second-order valence-electron chi connectivity index (χ2n) is 4.29. The third kappa shape index (κ3) is 3.98. The number of thiophene rings is 1. The van der Waals surface area contributed by atoms with Crippen molar-refractivity contribution in [2.75, 3.05) is 13.1 Å². The molecule has 1 aromatic heterocycles. The monoisotopic (exact) mass is 274 g/mol. The van der Waals surface area contributed by atoms with Gasteiger partial charge in [-0.15, -0.1) is 23.7 Å². The Balaban J connectivity index is 0.00000144. The summed E-state index contributed by atoms with van der Waals surface area (Å²) in [5.74, 6) is 0.356. The number of hydrogen-bond acceptors (Lipinski definition) is 3. The van der Waals surface area contributed by atoms with E-state index >= 15 is 0 Å². The van der Waals surface area contributed by atoms with Crippen LogP contribution in [0.15, 0.2) is 11.4 Å². The van der Waals surface area contributed by atoms with Crippen molar-refractivity contribution in [2.24, 2.45) is 5.92 Å². The maximum atomic E-state index is 11.9. The zero-order valence-electron chi connectivity index (χ0n) is 9.99. The SMILES string of the molecule is Cc1ccsc1CNC(=O)C1CCCNC1.Cl. The van der Waals surface area contributed by atoms with E-state index in [4.69, 9.17) is 0 Å². The number of rotatable bonds is 3. The van der Waals surface area contributed by atoms with Crippen LogP contribution in [-0.2, 0) is 11.3 Å². The average molecular weight is 275 g/mol. The Morgan fingerprint density at radius 2 is 2.47 bits per heavy atom. The Kier molecular flexibility index (Phi) is 5.95. The van der Waals surface area contributed by atoms with Gasteiger partial charge in [-0.1, -0.05) is 0 Å². The van der Waals surface area contributed by atoms with Gasteiger partial charge in [0.05, 0.1) is 12.5 Å². The van der Waals surface area contributed by atoms with Crippen molar-refractivity contribution in [3.8, 4) is 0 Å². The largest absolute Gasteiger partial charge is 0.351 e. The number of nitrogens with one attached hydrogen (secondary N) is 2. The van der Waals surface area contributed by atoms with Crippen LogP contribution in [0.2, 0.25) is 0 Å². The first-order valence-corrected chi connectivity index (χ1v) is 6.66. The fraction of sp³-hybridized carbons (Fsp3) is 0.583. The molecule has 0 bridgehead atoms. The van der Waals surface area contributed by atoms with Gasteiger partial charge in [0.25, 0.3) is 0 Å². The summed E-state index contributed by atoms with van der Waals surface area (Å²) in [5.41, 5.74) is 1.27. The number of amides is 1. The Labute approximate surface area is 112 Å². The highest BCUT2D eigenvalue weighted by atomic mass is 35.5. The van der Waals surface area contributed by atoms with Crippen LogP contribution in [0.5, 0.6) is 0 Å². The van der Waals surface area contributed by atoms with Crippen molar-refractivity contribution in [3.63, 3.8) is 0 Å². The lowest BCUT2D eigenvalue weighted by atomic mass is 9.99. The molecule has 1 amide bonds. The van der Waals surface area contributed by atoms with Crippen LogP contribution in [-0.4, -0.2) is 19.0 Å². The molecule has 0 radical (unpaired) electrons. The Morgan fingerprint density at radius 1 is 1.65 bits per heavy atom. The molecule has 2 heterocycles. The van der Waals surface area contributed by atoms with Crippen LogP contribution >= 0.6 is 23.7 Å². The standard InChI is InChI=1S/C12H18N2OS.ClH/c1-9-4-6-16-11(9)8-14-12(15)10-3-2-5-13-7-10;/h4,6,10,13H,2-3,5,7-8H2,1H3,(H,14,15);1H. The predicted octanol–water partition coefficient (Wildman–Crippen LogP) is 2.09. The summed E-state index contributed by atoms with van der Waals surface area (Å²) in [6.07, 6.45) is 2.12. The molecule has 1 aliphatic rings. The molecule has 0 spiro atoms. The number of carbonyl (C=O) groups excluding carboxylic acids is 1. The number of piperidine rings is 1. The molecule has 0 aromatic carbocycles. The Bertz CT molecular complexity index is 361. The molecule has 0 saturated carbocycles. The molecule has 0 aliphatic carbocycles. The molecule has 1 atom stereocenters. The first-order chi connectivity index (χ1) is 7.77. The van der Waals surface area contributed by atoms with Gasteiger partial charge in [0.15, 0.2) is 0 Å². The van der Waals surface area contributed by atoms with Crippen molar-refractivity contribution < 1.29 is 4.79 Å². The van der Waals surface area contributed by atoms with Gasteiger partial charge in [-0.05, 0) is 43.3 Å². The Hall–Kier alpha value is -0.580. The summed E-state index contributed by atoms with van der Waals surface area (Å²) in [4.78, 5) is 13.1. The highest BCUT2D eigenvalue weighted by Crippen LogP contribution is 2.16. The van der Waals surface area contributed by atoms with E-state index in [0.717, 1.165) is 25.9 Å². The average Bonchev–Trinajstić information content (AvgIpc) is 2.73. The lowest BCUT2D eigenvalue weighted by Crippen LogP contribution is -2.40. The van der Waals surface area contributed by atoms with Gasteiger partial charge in [-0.2, -0.15) is 0 Å². The molecular weight excluding hydrogens is 256 g/mol. The van der Waals surface area contributed by atoms with E-state index in [-0.39, 0.29) is 24.2 Å². The molecule has 17 heavy (non-hydrogen) atoms. The van der Waals surface area contributed by atoms with Gasteiger partial charge in [0.2, 0.25) is 5.91 Å². The minimum Gasteiger partial charge on any atom is -0.351 e. The molecule has 1 aliphatic heterocycles. The number of halogens is 1. The third-order valence-corrected chi connectivity index (χ3v) is 4.08. The fourth-order valence-corrected chi connectivity index (χ4v) is 2.82. The maximum absolute atomic E-state index is 11.9. The Morgan fingerprint density at radius 3 is 3.06 bits per heavy atom. The summed E-state index contributed by atoms with van der Waals surface area (Å²) >= 11 is 1.71. The second-order valence-corrected chi connectivity index (χ2v) is 5.29. The van der Waals surface area contributed by atoms with Crippen LogP contribution in [0.1, 0.15) is 23.3 Å².